The number of nitrogens with zero attached hydrogens (tertiary/aromatic N) is 1. The lowest BCUT2D eigenvalue weighted by atomic mass is 10.0. The van der Waals surface area contributed by atoms with Crippen LogP contribution in [0.2, 0.25) is 0 Å². The molecule has 148 valence electrons. The molecule has 0 unspecified atom stereocenters. The number of amides is 2. The molecule has 2 aromatic carbocycles. The SMILES string of the molecule is Cc1c(NC(=O)c2cccc(F)c2F)cccc1C(=O)N1CCc2sccc2C1. The van der Waals surface area contributed by atoms with Crippen LogP contribution in [0.15, 0.2) is 47.8 Å². The van der Waals surface area contributed by atoms with E-state index < -0.39 is 17.5 Å². The fraction of sp³-hybridized carbons (Fsp3) is 0.182. The highest BCUT2D eigenvalue weighted by Gasteiger charge is 2.24. The molecule has 0 fully saturated rings. The number of fused-ring (bicyclic) bond motifs is 1. The summed E-state index contributed by atoms with van der Waals surface area (Å²) in [4.78, 5) is 28.6. The van der Waals surface area contributed by atoms with Crippen molar-refractivity contribution < 1.29 is 18.4 Å². The molecule has 0 radical (unpaired) electrons. The van der Waals surface area contributed by atoms with Gasteiger partial charge in [-0.3, -0.25) is 9.59 Å². The summed E-state index contributed by atoms with van der Waals surface area (Å²) in [5, 5.41) is 4.62. The van der Waals surface area contributed by atoms with E-state index in [1.54, 1.807) is 41.4 Å². The lowest BCUT2D eigenvalue weighted by Gasteiger charge is -2.28. The first-order chi connectivity index (χ1) is 14.0. The van der Waals surface area contributed by atoms with Gasteiger partial charge in [0.05, 0.1) is 5.56 Å². The second-order valence-electron chi connectivity index (χ2n) is 6.88. The predicted octanol–water partition coefficient (Wildman–Crippen LogP) is 4.79. The number of anilines is 1. The number of nitrogens with one attached hydrogen (secondary N) is 1. The van der Waals surface area contributed by atoms with Gasteiger partial charge in [-0.1, -0.05) is 12.1 Å². The van der Waals surface area contributed by atoms with Gasteiger partial charge in [0.1, 0.15) is 0 Å². The van der Waals surface area contributed by atoms with Crippen LogP contribution in [-0.4, -0.2) is 23.3 Å². The zero-order valence-electron chi connectivity index (χ0n) is 15.7. The summed E-state index contributed by atoms with van der Waals surface area (Å²) < 4.78 is 27.3. The van der Waals surface area contributed by atoms with Crippen molar-refractivity contribution in [1.29, 1.82) is 0 Å². The van der Waals surface area contributed by atoms with Crippen LogP contribution in [0.1, 0.15) is 36.7 Å². The van der Waals surface area contributed by atoms with Crippen LogP contribution in [0.5, 0.6) is 0 Å². The first-order valence-corrected chi connectivity index (χ1v) is 10.0. The number of thiophene rings is 1. The number of halogens is 2. The van der Waals surface area contributed by atoms with Gasteiger partial charge in [-0.15, -0.1) is 11.3 Å². The Balaban J connectivity index is 1.57. The minimum Gasteiger partial charge on any atom is -0.334 e. The lowest BCUT2D eigenvalue weighted by Crippen LogP contribution is -2.35. The monoisotopic (exact) mass is 412 g/mol. The maximum absolute atomic E-state index is 13.9. The molecule has 1 aromatic heterocycles. The minimum absolute atomic E-state index is 0.118. The van der Waals surface area contributed by atoms with Crippen LogP contribution in [-0.2, 0) is 13.0 Å². The van der Waals surface area contributed by atoms with E-state index in [0.717, 1.165) is 12.5 Å². The van der Waals surface area contributed by atoms with E-state index in [1.165, 1.54) is 22.6 Å². The highest BCUT2D eigenvalue weighted by molar-refractivity contribution is 7.10. The molecule has 7 heteroatoms. The normalized spacial score (nSPS) is 13.1. The first kappa shape index (κ1) is 19.3. The van der Waals surface area contributed by atoms with Crippen molar-refractivity contribution in [3.8, 4) is 0 Å². The molecule has 0 saturated heterocycles. The average molecular weight is 412 g/mol. The Hall–Kier alpha value is -3.06. The van der Waals surface area contributed by atoms with Crippen LogP contribution >= 0.6 is 11.3 Å². The quantitative estimate of drug-likeness (QED) is 0.673. The maximum atomic E-state index is 13.9. The van der Waals surface area contributed by atoms with Gasteiger partial charge in [-0.2, -0.15) is 0 Å². The number of benzene rings is 2. The molecule has 1 N–H and O–H groups in total. The van der Waals surface area contributed by atoms with Crippen molar-refractivity contribution in [3.63, 3.8) is 0 Å². The van der Waals surface area contributed by atoms with Gasteiger partial charge >= 0.3 is 0 Å². The summed E-state index contributed by atoms with van der Waals surface area (Å²) in [6.07, 6.45) is 0.826. The second kappa shape index (κ2) is 7.75. The molecule has 29 heavy (non-hydrogen) atoms. The molecule has 1 aliphatic rings. The van der Waals surface area contributed by atoms with E-state index in [9.17, 15) is 18.4 Å². The van der Waals surface area contributed by atoms with E-state index in [1.807, 2.05) is 11.4 Å². The van der Waals surface area contributed by atoms with E-state index in [4.69, 9.17) is 0 Å². The molecule has 1 aliphatic heterocycles. The Kier molecular flexibility index (Phi) is 5.15. The van der Waals surface area contributed by atoms with Crippen LogP contribution in [0.25, 0.3) is 0 Å². The third kappa shape index (κ3) is 3.65. The first-order valence-electron chi connectivity index (χ1n) is 9.15. The van der Waals surface area contributed by atoms with Crippen molar-refractivity contribution in [2.24, 2.45) is 0 Å². The Bertz CT molecular complexity index is 1110. The summed E-state index contributed by atoms with van der Waals surface area (Å²) in [6, 6.07) is 10.5. The van der Waals surface area contributed by atoms with E-state index in [2.05, 4.69) is 5.32 Å². The Morgan fingerprint density at radius 1 is 1.07 bits per heavy atom. The number of rotatable bonds is 3. The molecule has 3 aromatic rings. The minimum atomic E-state index is -1.20. The average Bonchev–Trinajstić information content (AvgIpc) is 3.19. The highest BCUT2D eigenvalue weighted by Crippen LogP contribution is 2.27. The van der Waals surface area contributed by atoms with Crippen LogP contribution in [0.4, 0.5) is 14.5 Å². The van der Waals surface area contributed by atoms with Crippen LogP contribution < -0.4 is 5.32 Å². The molecule has 4 nitrogen and oxygen atoms in total. The lowest BCUT2D eigenvalue weighted by molar-refractivity contribution is 0.0735. The summed E-state index contributed by atoms with van der Waals surface area (Å²) in [5.41, 5.74) is 2.22. The maximum Gasteiger partial charge on any atom is 0.258 e. The topological polar surface area (TPSA) is 49.4 Å². The van der Waals surface area contributed by atoms with Gasteiger partial charge in [0.2, 0.25) is 0 Å². The van der Waals surface area contributed by atoms with Gasteiger partial charge < -0.3 is 10.2 Å². The van der Waals surface area contributed by atoms with Gasteiger partial charge in [-0.25, -0.2) is 8.78 Å². The van der Waals surface area contributed by atoms with Crippen molar-refractivity contribution in [3.05, 3.63) is 86.6 Å². The standard InChI is InChI=1S/C22H18F2N2O2S/c1-13-15(22(28)26-10-8-19-14(12-26)9-11-29-19)4-3-7-18(13)25-21(27)16-5-2-6-17(23)20(16)24/h2-7,9,11H,8,10,12H2,1H3,(H,25,27). The molecular weight excluding hydrogens is 394 g/mol. The van der Waals surface area contributed by atoms with E-state index in [-0.39, 0.29) is 11.5 Å². The zero-order chi connectivity index (χ0) is 20.5. The van der Waals surface area contributed by atoms with Crippen molar-refractivity contribution in [1.82, 2.24) is 4.90 Å². The van der Waals surface area contributed by atoms with Crippen LogP contribution in [0.3, 0.4) is 0 Å². The van der Waals surface area contributed by atoms with Gasteiger partial charge in [0.25, 0.3) is 11.8 Å². The molecule has 0 atom stereocenters. The largest absolute Gasteiger partial charge is 0.334 e. The molecule has 4 rings (SSSR count). The van der Waals surface area contributed by atoms with Crippen molar-refractivity contribution in [2.45, 2.75) is 19.9 Å². The summed E-state index contributed by atoms with van der Waals surface area (Å²) in [7, 11) is 0. The number of carbonyl (C=O) groups is 2. The molecule has 0 spiro atoms. The van der Waals surface area contributed by atoms with Crippen LogP contribution in [0, 0.1) is 18.6 Å². The summed E-state index contributed by atoms with van der Waals surface area (Å²) >= 11 is 1.70. The van der Waals surface area contributed by atoms with Gasteiger partial charge in [0, 0.05) is 29.2 Å². The zero-order valence-corrected chi connectivity index (χ0v) is 16.5. The highest BCUT2D eigenvalue weighted by atomic mass is 32.1. The van der Waals surface area contributed by atoms with Gasteiger partial charge in [0.15, 0.2) is 11.6 Å². The van der Waals surface area contributed by atoms with Crippen molar-refractivity contribution in [2.75, 3.05) is 11.9 Å². The molecular formula is C22H18F2N2O2S. The number of carbonyl (C=O) groups excluding carboxylic acids is 2. The Labute approximate surface area is 170 Å². The second-order valence-corrected chi connectivity index (χ2v) is 7.88. The summed E-state index contributed by atoms with van der Waals surface area (Å²) in [6.45, 7) is 2.92. The summed E-state index contributed by atoms with van der Waals surface area (Å²) in [5.74, 6) is -3.17. The molecule has 0 bridgehead atoms. The third-order valence-electron chi connectivity index (χ3n) is 5.10. The Morgan fingerprint density at radius 2 is 1.83 bits per heavy atom. The van der Waals surface area contributed by atoms with Crippen molar-refractivity contribution >= 4 is 28.8 Å². The van der Waals surface area contributed by atoms with E-state index >= 15 is 0 Å². The third-order valence-corrected chi connectivity index (χ3v) is 6.13. The number of hydrogen-bond donors (Lipinski definition) is 1. The number of hydrogen-bond acceptors (Lipinski definition) is 3. The Morgan fingerprint density at radius 3 is 2.66 bits per heavy atom. The molecule has 0 saturated carbocycles. The fourth-order valence-corrected chi connectivity index (χ4v) is 4.35. The smallest absolute Gasteiger partial charge is 0.258 e. The predicted molar refractivity (Wildman–Crippen MR) is 108 cm³/mol. The molecule has 0 aliphatic carbocycles. The van der Waals surface area contributed by atoms with E-state index in [0.29, 0.717) is 29.9 Å². The van der Waals surface area contributed by atoms with Gasteiger partial charge in [-0.05, 0) is 60.2 Å². The molecule has 2 amide bonds. The fourth-order valence-electron chi connectivity index (χ4n) is 3.46. The molecule has 2 heterocycles.